The van der Waals surface area contributed by atoms with Crippen LogP contribution in [0.1, 0.15) is 19.8 Å². The van der Waals surface area contributed by atoms with Gasteiger partial charge in [0.1, 0.15) is 0 Å². The quantitative estimate of drug-likeness (QED) is 0.872. The molecule has 1 unspecified atom stereocenters. The number of aliphatic hydroxyl groups excluding tert-OH is 1. The number of fused-ring (bicyclic) bond motifs is 1. The van der Waals surface area contributed by atoms with E-state index in [0.717, 1.165) is 30.8 Å². The first-order valence-corrected chi connectivity index (χ1v) is 9.19. The van der Waals surface area contributed by atoms with Crippen LogP contribution in [0, 0.1) is 5.92 Å². The number of piperidine rings is 1. The van der Waals surface area contributed by atoms with Gasteiger partial charge in [0.05, 0.1) is 11.9 Å². The van der Waals surface area contributed by atoms with Crippen LogP contribution >= 0.6 is 11.8 Å². The number of carbonyl (C=O) groups is 1. The zero-order valence-electron chi connectivity index (χ0n) is 13.4. The monoisotopic (exact) mass is 329 g/mol. The van der Waals surface area contributed by atoms with Crippen LogP contribution in [0.2, 0.25) is 0 Å². The molecule has 0 aromatic heterocycles. The molecule has 3 rings (SSSR count). The van der Waals surface area contributed by atoms with E-state index in [-0.39, 0.29) is 12.0 Å². The molecule has 3 nitrogen and oxygen atoms in total. The Hall–Kier alpha value is -1.52. The highest BCUT2D eigenvalue weighted by atomic mass is 32.2. The van der Waals surface area contributed by atoms with E-state index in [2.05, 4.69) is 30.3 Å². The molecular formula is C19H23NO2S. The van der Waals surface area contributed by atoms with Crippen molar-refractivity contribution in [3.05, 3.63) is 42.5 Å². The molecule has 1 fully saturated rings. The second-order valence-corrected chi connectivity index (χ2v) is 7.31. The molecule has 2 aromatic carbocycles. The molecule has 4 heteroatoms. The predicted molar refractivity (Wildman–Crippen MR) is 95.7 cm³/mol. The summed E-state index contributed by atoms with van der Waals surface area (Å²) in [7, 11) is 0. The molecule has 0 spiro atoms. The fraction of sp³-hybridized carbons (Fsp3) is 0.421. The van der Waals surface area contributed by atoms with Gasteiger partial charge in [0, 0.05) is 18.0 Å². The SMILES string of the molecule is CC(O)C1CCN(C(=O)CSc2ccc3ccccc3c2)CC1. The van der Waals surface area contributed by atoms with Crippen LogP contribution in [0.15, 0.2) is 47.4 Å². The maximum Gasteiger partial charge on any atom is 0.232 e. The second kappa shape index (κ2) is 7.37. The maximum atomic E-state index is 12.4. The summed E-state index contributed by atoms with van der Waals surface area (Å²) in [4.78, 5) is 15.4. The standard InChI is InChI=1S/C19H23NO2S/c1-14(21)15-8-10-20(11-9-15)19(22)13-23-18-7-6-16-4-2-3-5-17(16)12-18/h2-7,12,14-15,21H,8-11,13H2,1H3. The lowest BCUT2D eigenvalue weighted by Crippen LogP contribution is -2.41. The highest BCUT2D eigenvalue weighted by Gasteiger charge is 2.25. The lowest BCUT2D eigenvalue weighted by atomic mass is 9.92. The van der Waals surface area contributed by atoms with Crippen molar-refractivity contribution < 1.29 is 9.90 Å². The Labute approximate surface area is 141 Å². The average Bonchev–Trinajstić information content (AvgIpc) is 2.59. The highest BCUT2D eigenvalue weighted by Crippen LogP contribution is 2.25. The summed E-state index contributed by atoms with van der Waals surface area (Å²) in [5, 5.41) is 12.1. The second-order valence-electron chi connectivity index (χ2n) is 6.26. The van der Waals surface area contributed by atoms with E-state index < -0.39 is 0 Å². The number of amides is 1. The summed E-state index contributed by atoms with van der Waals surface area (Å²) in [5.41, 5.74) is 0. The van der Waals surface area contributed by atoms with Crippen molar-refractivity contribution in [2.45, 2.75) is 30.8 Å². The van der Waals surface area contributed by atoms with Gasteiger partial charge in [-0.3, -0.25) is 4.79 Å². The van der Waals surface area contributed by atoms with E-state index in [1.54, 1.807) is 11.8 Å². The molecule has 1 atom stereocenters. The van der Waals surface area contributed by atoms with Crippen LogP contribution in [-0.2, 0) is 4.79 Å². The highest BCUT2D eigenvalue weighted by molar-refractivity contribution is 8.00. The van der Waals surface area contributed by atoms with Gasteiger partial charge in [-0.15, -0.1) is 11.8 Å². The minimum atomic E-state index is -0.265. The molecular weight excluding hydrogens is 306 g/mol. The van der Waals surface area contributed by atoms with Crippen LogP contribution in [0.4, 0.5) is 0 Å². The Balaban J connectivity index is 1.54. The Morgan fingerprint density at radius 2 is 1.91 bits per heavy atom. The molecule has 23 heavy (non-hydrogen) atoms. The Morgan fingerprint density at radius 1 is 1.22 bits per heavy atom. The van der Waals surface area contributed by atoms with Gasteiger partial charge in [-0.2, -0.15) is 0 Å². The molecule has 0 bridgehead atoms. The van der Waals surface area contributed by atoms with Crippen molar-refractivity contribution in [3.63, 3.8) is 0 Å². The maximum absolute atomic E-state index is 12.4. The molecule has 122 valence electrons. The van der Waals surface area contributed by atoms with Crippen molar-refractivity contribution in [1.82, 2.24) is 4.90 Å². The van der Waals surface area contributed by atoms with E-state index in [1.807, 2.05) is 24.0 Å². The summed E-state index contributed by atoms with van der Waals surface area (Å²) in [6, 6.07) is 14.6. The van der Waals surface area contributed by atoms with E-state index in [9.17, 15) is 9.90 Å². The number of benzene rings is 2. The first-order chi connectivity index (χ1) is 11.1. The largest absolute Gasteiger partial charge is 0.393 e. The number of rotatable bonds is 4. The molecule has 1 N–H and O–H groups in total. The van der Waals surface area contributed by atoms with Crippen molar-refractivity contribution in [1.29, 1.82) is 0 Å². The van der Waals surface area contributed by atoms with Crippen LogP contribution < -0.4 is 0 Å². The van der Waals surface area contributed by atoms with E-state index in [4.69, 9.17) is 0 Å². The zero-order valence-corrected chi connectivity index (χ0v) is 14.3. The van der Waals surface area contributed by atoms with E-state index in [1.165, 1.54) is 10.8 Å². The summed E-state index contributed by atoms with van der Waals surface area (Å²) in [6.45, 7) is 3.39. The molecule has 2 aromatic rings. The number of nitrogens with zero attached hydrogens (tertiary/aromatic N) is 1. The summed E-state index contributed by atoms with van der Waals surface area (Å²) in [6.07, 6.45) is 1.55. The minimum Gasteiger partial charge on any atom is -0.393 e. The first-order valence-electron chi connectivity index (χ1n) is 8.21. The molecule has 1 aliphatic rings. The van der Waals surface area contributed by atoms with Gasteiger partial charge in [0.2, 0.25) is 5.91 Å². The van der Waals surface area contributed by atoms with Crippen LogP contribution in [0.3, 0.4) is 0 Å². The Morgan fingerprint density at radius 3 is 2.61 bits per heavy atom. The zero-order chi connectivity index (χ0) is 16.2. The fourth-order valence-electron chi connectivity index (χ4n) is 3.12. The fourth-order valence-corrected chi connectivity index (χ4v) is 3.97. The lowest BCUT2D eigenvalue weighted by Gasteiger charge is -2.33. The van der Waals surface area contributed by atoms with Gasteiger partial charge in [-0.05, 0) is 48.6 Å². The third-order valence-corrected chi connectivity index (χ3v) is 5.64. The third kappa shape index (κ3) is 4.06. The molecule has 1 saturated heterocycles. The number of hydrogen-bond acceptors (Lipinski definition) is 3. The van der Waals surface area contributed by atoms with Crippen LogP contribution in [-0.4, -0.2) is 40.9 Å². The minimum absolute atomic E-state index is 0.201. The molecule has 0 saturated carbocycles. The Bertz CT molecular complexity index is 678. The van der Waals surface area contributed by atoms with Gasteiger partial charge in [0.25, 0.3) is 0 Å². The van der Waals surface area contributed by atoms with Crippen molar-refractivity contribution >= 4 is 28.4 Å². The van der Waals surface area contributed by atoms with Gasteiger partial charge in [0.15, 0.2) is 0 Å². The first kappa shape index (κ1) is 16.3. The number of thioether (sulfide) groups is 1. The summed E-state index contributed by atoms with van der Waals surface area (Å²) < 4.78 is 0. The molecule has 0 radical (unpaired) electrons. The smallest absolute Gasteiger partial charge is 0.232 e. The normalized spacial score (nSPS) is 17.4. The number of aliphatic hydroxyl groups is 1. The van der Waals surface area contributed by atoms with E-state index in [0.29, 0.717) is 11.7 Å². The van der Waals surface area contributed by atoms with Crippen molar-refractivity contribution in [2.75, 3.05) is 18.8 Å². The average molecular weight is 329 g/mol. The molecule has 1 aliphatic heterocycles. The van der Waals surface area contributed by atoms with Gasteiger partial charge >= 0.3 is 0 Å². The summed E-state index contributed by atoms with van der Waals surface area (Å²) >= 11 is 1.60. The molecule has 0 aliphatic carbocycles. The van der Waals surface area contributed by atoms with Gasteiger partial charge < -0.3 is 10.0 Å². The van der Waals surface area contributed by atoms with Gasteiger partial charge in [-0.1, -0.05) is 30.3 Å². The van der Waals surface area contributed by atoms with Crippen molar-refractivity contribution in [2.24, 2.45) is 5.92 Å². The van der Waals surface area contributed by atoms with Crippen LogP contribution in [0.5, 0.6) is 0 Å². The molecule has 1 heterocycles. The van der Waals surface area contributed by atoms with Crippen LogP contribution in [0.25, 0.3) is 10.8 Å². The molecule has 1 amide bonds. The number of carbonyl (C=O) groups excluding carboxylic acids is 1. The third-order valence-electron chi connectivity index (χ3n) is 4.66. The summed E-state index contributed by atoms with van der Waals surface area (Å²) in [5.74, 6) is 1.02. The lowest BCUT2D eigenvalue weighted by molar-refractivity contribution is -0.130. The van der Waals surface area contributed by atoms with E-state index >= 15 is 0 Å². The number of hydrogen-bond donors (Lipinski definition) is 1. The topological polar surface area (TPSA) is 40.5 Å². The van der Waals surface area contributed by atoms with Gasteiger partial charge in [-0.25, -0.2) is 0 Å². The van der Waals surface area contributed by atoms with Crippen molar-refractivity contribution in [3.8, 4) is 0 Å². The predicted octanol–water partition coefficient (Wildman–Crippen LogP) is 3.55. The number of likely N-dealkylation sites (tertiary alicyclic amines) is 1. The Kier molecular flexibility index (Phi) is 5.23.